The molecular formula is C19H23NO3. The van der Waals surface area contributed by atoms with Crippen LogP contribution in [0.2, 0.25) is 0 Å². The maximum atomic E-state index is 11.9. The predicted octanol–water partition coefficient (Wildman–Crippen LogP) is 3.71. The molecule has 1 aromatic rings. The maximum Gasteiger partial charge on any atom is 0.410 e. The molecule has 0 radical (unpaired) electrons. The van der Waals surface area contributed by atoms with Crippen LogP contribution in [-0.2, 0) is 16.1 Å². The standard InChI is InChI=1S/C15H17NO3.C4H6/c17-15(19-10-12-4-2-1-3-5-12)16-8-6-13(7-9-16)14-11-18-14;1-3-4-2/h1-6,14H,7-11H2;3-4H,1-2H2. The summed E-state index contributed by atoms with van der Waals surface area (Å²) in [5.74, 6) is 0. The van der Waals surface area contributed by atoms with E-state index >= 15 is 0 Å². The van der Waals surface area contributed by atoms with Gasteiger partial charge >= 0.3 is 6.09 Å². The second-order valence-corrected chi connectivity index (χ2v) is 5.31. The van der Waals surface area contributed by atoms with E-state index in [1.165, 1.54) is 5.57 Å². The quantitative estimate of drug-likeness (QED) is 0.483. The number of hydrogen-bond acceptors (Lipinski definition) is 3. The van der Waals surface area contributed by atoms with Crippen LogP contribution in [-0.4, -0.2) is 36.8 Å². The van der Waals surface area contributed by atoms with Crippen molar-refractivity contribution in [3.05, 3.63) is 72.9 Å². The monoisotopic (exact) mass is 313 g/mol. The highest BCUT2D eigenvalue weighted by atomic mass is 16.6. The van der Waals surface area contributed by atoms with E-state index < -0.39 is 0 Å². The van der Waals surface area contributed by atoms with Crippen molar-refractivity contribution in [2.75, 3.05) is 19.7 Å². The van der Waals surface area contributed by atoms with Crippen LogP contribution >= 0.6 is 0 Å². The van der Waals surface area contributed by atoms with Gasteiger partial charge < -0.3 is 14.4 Å². The van der Waals surface area contributed by atoms with Crippen LogP contribution in [0, 0.1) is 0 Å². The van der Waals surface area contributed by atoms with Crippen molar-refractivity contribution in [3.63, 3.8) is 0 Å². The number of rotatable bonds is 4. The normalized spacial score (nSPS) is 18.9. The van der Waals surface area contributed by atoms with Crippen molar-refractivity contribution in [2.45, 2.75) is 19.1 Å². The molecule has 0 aliphatic carbocycles. The molecule has 1 unspecified atom stereocenters. The summed E-state index contributed by atoms with van der Waals surface area (Å²) in [6.45, 7) is 9.24. The van der Waals surface area contributed by atoms with Crippen molar-refractivity contribution in [2.24, 2.45) is 0 Å². The van der Waals surface area contributed by atoms with Gasteiger partial charge in [0.05, 0.1) is 6.61 Å². The molecule has 3 rings (SSSR count). The first-order valence-corrected chi connectivity index (χ1v) is 7.74. The summed E-state index contributed by atoms with van der Waals surface area (Å²) in [5, 5.41) is 0. The number of carbonyl (C=O) groups is 1. The average molecular weight is 313 g/mol. The SMILES string of the molecule is C=CC=C.O=C(OCc1ccccc1)N1CC=C(C2CO2)CC1. The van der Waals surface area contributed by atoms with Crippen molar-refractivity contribution >= 4 is 6.09 Å². The van der Waals surface area contributed by atoms with Crippen LogP contribution in [0.5, 0.6) is 0 Å². The minimum Gasteiger partial charge on any atom is -0.445 e. The third kappa shape index (κ3) is 5.75. The lowest BCUT2D eigenvalue weighted by Crippen LogP contribution is -2.35. The highest BCUT2D eigenvalue weighted by Crippen LogP contribution is 2.25. The van der Waals surface area contributed by atoms with Gasteiger partial charge in [0, 0.05) is 13.1 Å². The number of allylic oxidation sites excluding steroid dienone is 2. The lowest BCUT2D eigenvalue weighted by molar-refractivity contribution is 0.0986. The number of amides is 1. The summed E-state index contributed by atoms with van der Waals surface area (Å²) >= 11 is 0. The molecule has 4 nitrogen and oxygen atoms in total. The Morgan fingerprint density at radius 2 is 2.00 bits per heavy atom. The third-order valence-electron chi connectivity index (χ3n) is 3.62. The molecule has 0 spiro atoms. The summed E-state index contributed by atoms with van der Waals surface area (Å²) in [6, 6.07) is 9.73. The van der Waals surface area contributed by atoms with E-state index in [2.05, 4.69) is 19.2 Å². The van der Waals surface area contributed by atoms with Gasteiger partial charge in [-0.2, -0.15) is 0 Å². The number of hydrogen-bond donors (Lipinski definition) is 0. The largest absolute Gasteiger partial charge is 0.445 e. The van der Waals surface area contributed by atoms with Crippen LogP contribution in [0.4, 0.5) is 4.79 Å². The molecule has 2 aliphatic rings. The minimum absolute atomic E-state index is 0.240. The lowest BCUT2D eigenvalue weighted by atomic mass is 10.1. The fourth-order valence-electron chi connectivity index (χ4n) is 2.22. The summed E-state index contributed by atoms with van der Waals surface area (Å²) in [7, 11) is 0. The van der Waals surface area contributed by atoms with Gasteiger partial charge in [0.15, 0.2) is 0 Å². The van der Waals surface area contributed by atoms with E-state index in [0.29, 0.717) is 19.3 Å². The van der Waals surface area contributed by atoms with E-state index in [1.54, 1.807) is 17.1 Å². The Kier molecular flexibility index (Phi) is 6.63. The maximum absolute atomic E-state index is 11.9. The van der Waals surface area contributed by atoms with Gasteiger partial charge in [-0.25, -0.2) is 4.79 Å². The molecule has 1 atom stereocenters. The zero-order valence-corrected chi connectivity index (χ0v) is 13.3. The summed E-state index contributed by atoms with van der Waals surface area (Å²) < 4.78 is 10.6. The fourth-order valence-corrected chi connectivity index (χ4v) is 2.22. The summed E-state index contributed by atoms with van der Waals surface area (Å²) in [6.07, 6.45) is 6.34. The number of carbonyl (C=O) groups excluding carboxylic acids is 1. The Morgan fingerprint density at radius 3 is 2.52 bits per heavy atom. The predicted molar refractivity (Wildman–Crippen MR) is 91.0 cm³/mol. The second-order valence-electron chi connectivity index (χ2n) is 5.31. The van der Waals surface area contributed by atoms with Crippen molar-refractivity contribution < 1.29 is 14.3 Å². The zero-order chi connectivity index (χ0) is 16.5. The highest BCUT2D eigenvalue weighted by molar-refractivity contribution is 5.68. The molecule has 4 heteroatoms. The molecule has 0 aromatic heterocycles. The Morgan fingerprint density at radius 1 is 1.30 bits per heavy atom. The van der Waals surface area contributed by atoms with Crippen molar-refractivity contribution in [1.29, 1.82) is 0 Å². The fraction of sp³-hybridized carbons (Fsp3) is 0.316. The highest BCUT2D eigenvalue weighted by Gasteiger charge is 2.30. The second kappa shape index (κ2) is 8.96. The van der Waals surface area contributed by atoms with Gasteiger partial charge in [-0.1, -0.05) is 61.7 Å². The third-order valence-corrected chi connectivity index (χ3v) is 3.62. The zero-order valence-electron chi connectivity index (χ0n) is 13.3. The number of epoxide rings is 1. The molecule has 1 amide bonds. The number of benzene rings is 1. The smallest absolute Gasteiger partial charge is 0.410 e. The van der Waals surface area contributed by atoms with Gasteiger partial charge in [-0.15, -0.1) is 0 Å². The van der Waals surface area contributed by atoms with E-state index in [0.717, 1.165) is 25.1 Å². The summed E-state index contributed by atoms with van der Waals surface area (Å²) in [5.41, 5.74) is 2.34. The van der Waals surface area contributed by atoms with Gasteiger partial charge in [-0.05, 0) is 17.6 Å². The molecule has 1 aromatic carbocycles. The molecule has 1 fully saturated rings. The van der Waals surface area contributed by atoms with Gasteiger partial charge in [0.2, 0.25) is 0 Å². The van der Waals surface area contributed by atoms with Crippen LogP contribution in [0.1, 0.15) is 12.0 Å². The first-order chi connectivity index (χ1) is 11.2. The van der Waals surface area contributed by atoms with Crippen LogP contribution < -0.4 is 0 Å². The van der Waals surface area contributed by atoms with Crippen molar-refractivity contribution in [3.8, 4) is 0 Å². The molecule has 2 aliphatic heterocycles. The molecule has 0 saturated carbocycles. The topological polar surface area (TPSA) is 42.1 Å². The average Bonchev–Trinajstić information content (AvgIpc) is 3.46. The number of nitrogens with zero attached hydrogens (tertiary/aromatic N) is 1. The first-order valence-electron chi connectivity index (χ1n) is 7.74. The van der Waals surface area contributed by atoms with E-state index in [-0.39, 0.29) is 6.09 Å². The van der Waals surface area contributed by atoms with Gasteiger partial charge in [0.1, 0.15) is 12.7 Å². The Bertz CT molecular complexity index is 555. The van der Waals surface area contributed by atoms with Crippen molar-refractivity contribution in [1.82, 2.24) is 4.90 Å². The van der Waals surface area contributed by atoms with E-state index in [1.807, 2.05) is 30.3 Å². The summed E-state index contributed by atoms with van der Waals surface area (Å²) in [4.78, 5) is 13.6. The van der Waals surface area contributed by atoms with E-state index in [4.69, 9.17) is 9.47 Å². The molecule has 122 valence electrons. The van der Waals surface area contributed by atoms with Gasteiger partial charge in [0.25, 0.3) is 0 Å². The number of ether oxygens (including phenoxy) is 2. The molecule has 2 heterocycles. The van der Waals surface area contributed by atoms with Gasteiger partial charge in [-0.3, -0.25) is 0 Å². The molecule has 1 saturated heterocycles. The Balaban J connectivity index is 0.000000433. The Hall–Kier alpha value is -2.33. The molecule has 0 N–H and O–H groups in total. The molecule has 0 bridgehead atoms. The van der Waals surface area contributed by atoms with Crippen LogP contribution in [0.15, 0.2) is 67.3 Å². The lowest BCUT2D eigenvalue weighted by Gasteiger charge is -2.25. The molecule has 23 heavy (non-hydrogen) atoms. The van der Waals surface area contributed by atoms with Crippen LogP contribution in [0.25, 0.3) is 0 Å². The Labute approximate surface area is 137 Å². The van der Waals surface area contributed by atoms with E-state index in [9.17, 15) is 4.79 Å². The molecular weight excluding hydrogens is 290 g/mol. The first kappa shape index (κ1) is 17.0. The van der Waals surface area contributed by atoms with Crippen LogP contribution in [0.3, 0.4) is 0 Å². The minimum atomic E-state index is -0.240.